The lowest BCUT2D eigenvalue weighted by Gasteiger charge is -2.07. The number of carbonyl (C=O) groups is 1. The molecule has 0 bridgehead atoms. The third-order valence-electron chi connectivity index (χ3n) is 2.13. The van der Waals surface area contributed by atoms with Crippen LogP contribution in [-0.2, 0) is 0 Å². The van der Waals surface area contributed by atoms with Gasteiger partial charge in [0.1, 0.15) is 15.2 Å². The molecule has 1 heterocycles. The molecule has 0 amide bonds. The molecule has 5 nitrogen and oxygen atoms in total. The summed E-state index contributed by atoms with van der Waals surface area (Å²) in [6.45, 7) is 0. The molecule has 2 N–H and O–H groups in total. The molecular weight excluding hydrogens is 320 g/mol. The van der Waals surface area contributed by atoms with Gasteiger partial charge in [0.2, 0.25) is 0 Å². The Balaban J connectivity index is 2.29. The van der Waals surface area contributed by atoms with Crippen LogP contribution in [-0.4, -0.2) is 23.2 Å². The number of anilines is 2. The number of methoxy groups -OCH3 is 1. The maximum Gasteiger partial charge on any atom is 0.348 e. The van der Waals surface area contributed by atoms with Crippen molar-refractivity contribution in [3.05, 3.63) is 33.7 Å². The summed E-state index contributed by atoms with van der Waals surface area (Å²) in [5.74, 6) is -0.340. The van der Waals surface area contributed by atoms with Crippen molar-refractivity contribution in [1.29, 1.82) is 0 Å². The lowest BCUT2D eigenvalue weighted by Crippen LogP contribution is -1.93. The fourth-order valence-electron chi connectivity index (χ4n) is 1.35. The molecule has 7 heteroatoms. The zero-order valence-corrected chi connectivity index (χ0v) is 11.7. The quantitative estimate of drug-likeness (QED) is 0.900. The van der Waals surface area contributed by atoms with Crippen LogP contribution >= 0.6 is 27.3 Å². The van der Waals surface area contributed by atoms with Gasteiger partial charge in [0.15, 0.2) is 5.13 Å². The van der Waals surface area contributed by atoms with Gasteiger partial charge in [0.25, 0.3) is 0 Å². The number of rotatable bonds is 4. The van der Waals surface area contributed by atoms with Gasteiger partial charge in [-0.15, -0.1) is 0 Å². The Bertz CT molecular complexity index is 585. The molecule has 2 aromatic rings. The number of thiazole rings is 1. The SMILES string of the molecule is COc1ccccc1Nc1nc(Br)c(C(=O)O)s1. The zero-order chi connectivity index (χ0) is 13.1. The highest BCUT2D eigenvalue weighted by Gasteiger charge is 2.15. The van der Waals surface area contributed by atoms with E-state index in [-0.39, 0.29) is 4.88 Å². The second-order valence-electron chi connectivity index (χ2n) is 3.27. The number of carboxylic acids is 1. The maximum atomic E-state index is 10.9. The van der Waals surface area contributed by atoms with Crippen molar-refractivity contribution >= 4 is 44.1 Å². The molecule has 0 atom stereocenters. The number of halogens is 1. The number of nitrogens with one attached hydrogen (secondary N) is 1. The number of para-hydroxylation sites is 2. The van der Waals surface area contributed by atoms with E-state index in [1.165, 1.54) is 0 Å². The smallest absolute Gasteiger partial charge is 0.348 e. The average molecular weight is 329 g/mol. The first-order valence-electron chi connectivity index (χ1n) is 4.91. The molecule has 1 aromatic heterocycles. The summed E-state index contributed by atoms with van der Waals surface area (Å²) in [5, 5.41) is 12.5. The molecule has 1 aromatic carbocycles. The lowest BCUT2D eigenvalue weighted by molar-refractivity contribution is 0.0701. The Labute approximate surface area is 116 Å². The van der Waals surface area contributed by atoms with Gasteiger partial charge < -0.3 is 15.2 Å². The van der Waals surface area contributed by atoms with Gasteiger partial charge in [0, 0.05) is 0 Å². The van der Waals surface area contributed by atoms with Crippen LogP contribution < -0.4 is 10.1 Å². The second-order valence-corrected chi connectivity index (χ2v) is 5.02. The van der Waals surface area contributed by atoms with Crippen molar-refractivity contribution in [2.75, 3.05) is 12.4 Å². The molecule has 0 aliphatic heterocycles. The first-order valence-corrected chi connectivity index (χ1v) is 6.52. The van der Waals surface area contributed by atoms with Gasteiger partial charge in [-0.3, -0.25) is 0 Å². The number of benzene rings is 1. The predicted octanol–water partition coefficient (Wildman–Crippen LogP) is 3.36. The van der Waals surface area contributed by atoms with Crippen LogP contribution in [0.4, 0.5) is 10.8 Å². The van der Waals surface area contributed by atoms with Crippen LogP contribution in [0.3, 0.4) is 0 Å². The summed E-state index contributed by atoms with van der Waals surface area (Å²) < 4.78 is 5.51. The molecule has 0 unspecified atom stereocenters. The topological polar surface area (TPSA) is 71.5 Å². The molecule has 2 rings (SSSR count). The highest BCUT2D eigenvalue weighted by atomic mass is 79.9. The number of ether oxygens (including phenoxy) is 1. The largest absolute Gasteiger partial charge is 0.495 e. The van der Waals surface area contributed by atoms with Crippen LogP contribution in [0, 0.1) is 0 Å². The van der Waals surface area contributed by atoms with Gasteiger partial charge in [0.05, 0.1) is 12.8 Å². The number of hydrogen-bond donors (Lipinski definition) is 2. The van der Waals surface area contributed by atoms with Crippen molar-refractivity contribution in [2.24, 2.45) is 0 Å². The molecule has 0 spiro atoms. The van der Waals surface area contributed by atoms with E-state index >= 15 is 0 Å². The van der Waals surface area contributed by atoms with Crippen molar-refractivity contribution in [3.8, 4) is 5.75 Å². The van der Waals surface area contributed by atoms with E-state index < -0.39 is 5.97 Å². The lowest BCUT2D eigenvalue weighted by atomic mass is 10.3. The summed E-state index contributed by atoms with van der Waals surface area (Å²) in [6.07, 6.45) is 0. The summed E-state index contributed by atoms with van der Waals surface area (Å²) in [5.41, 5.74) is 0.734. The highest BCUT2D eigenvalue weighted by molar-refractivity contribution is 9.10. The molecular formula is C11H9BrN2O3S. The molecule has 0 saturated carbocycles. The number of carboxylic acid groups (broad SMARTS) is 1. The fraction of sp³-hybridized carbons (Fsp3) is 0.0909. The average Bonchev–Trinajstić information content (AvgIpc) is 2.71. The minimum absolute atomic E-state index is 0.160. The Morgan fingerprint density at radius 2 is 2.22 bits per heavy atom. The first-order chi connectivity index (χ1) is 8.61. The van der Waals surface area contributed by atoms with Crippen molar-refractivity contribution in [2.45, 2.75) is 0 Å². The molecule has 0 radical (unpaired) electrons. The van der Waals surface area contributed by atoms with E-state index in [0.717, 1.165) is 17.0 Å². The molecule has 18 heavy (non-hydrogen) atoms. The summed E-state index contributed by atoms with van der Waals surface area (Å²) >= 11 is 4.17. The molecule has 0 fully saturated rings. The molecule has 0 aliphatic carbocycles. The third-order valence-corrected chi connectivity index (χ3v) is 3.92. The van der Waals surface area contributed by atoms with Crippen LogP contribution in [0.15, 0.2) is 28.9 Å². The first kappa shape index (κ1) is 12.8. The van der Waals surface area contributed by atoms with E-state index in [9.17, 15) is 4.79 Å². The van der Waals surface area contributed by atoms with E-state index in [1.807, 2.05) is 24.3 Å². The van der Waals surface area contributed by atoms with Crippen LogP contribution in [0.5, 0.6) is 5.75 Å². The second kappa shape index (κ2) is 5.36. The van der Waals surface area contributed by atoms with Gasteiger partial charge in [-0.2, -0.15) is 0 Å². The van der Waals surface area contributed by atoms with Crippen molar-refractivity contribution < 1.29 is 14.6 Å². The van der Waals surface area contributed by atoms with Gasteiger partial charge >= 0.3 is 5.97 Å². The standard InChI is InChI=1S/C11H9BrN2O3S/c1-17-7-5-3-2-4-6(7)13-11-14-9(12)8(18-11)10(15)16/h2-5H,1H3,(H,13,14)(H,15,16). The minimum Gasteiger partial charge on any atom is -0.495 e. The van der Waals surface area contributed by atoms with Crippen molar-refractivity contribution in [1.82, 2.24) is 4.98 Å². The number of aromatic nitrogens is 1. The highest BCUT2D eigenvalue weighted by Crippen LogP contribution is 2.32. The van der Waals surface area contributed by atoms with E-state index in [0.29, 0.717) is 15.5 Å². The maximum absolute atomic E-state index is 10.9. The van der Waals surface area contributed by atoms with Crippen LogP contribution in [0.1, 0.15) is 9.67 Å². The van der Waals surface area contributed by atoms with E-state index in [4.69, 9.17) is 9.84 Å². The summed E-state index contributed by atoms with van der Waals surface area (Å²) in [7, 11) is 1.57. The van der Waals surface area contributed by atoms with Gasteiger partial charge in [-0.25, -0.2) is 9.78 Å². The molecule has 0 aliphatic rings. The molecule has 0 saturated heterocycles. The number of hydrogen-bond acceptors (Lipinski definition) is 5. The fourth-order valence-corrected chi connectivity index (χ4v) is 2.77. The monoisotopic (exact) mass is 328 g/mol. The van der Waals surface area contributed by atoms with E-state index in [1.54, 1.807) is 7.11 Å². The van der Waals surface area contributed by atoms with E-state index in [2.05, 4.69) is 26.2 Å². The van der Waals surface area contributed by atoms with Crippen LogP contribution in [0.2, 0.25) is 0 Å². The normalized spacial score (nSPS) is 10.1. The van der Waals surface area contributed by atoms with Gasteiger partial charge in [-0.05, 0) is 28.1 Å². The van der Waals surface area contributed by atoms with Crippen molar-refractivity contribution in [3.63, 3.8) is 0 Å². The number of nitrogens with zero attached hydrogens (tertiary/aromatic N) is 1. The Morgan fingerprint density at radius 3 is 2.83 bits per heavy atom. The van der Waals surface area contributed by atoms with Crippen LogP contribution in [0.25, 0.3) is 0 Å². The third kappa shape index (κ3) is 2.62. The summed E-state index contributed by atoms with van der Waals surface area (Å²) in [4.78, 5) is 15.1. The minimum atomic E-state index is -1.01. The Kier molecular flexibility index (Phi) is 3.83. The molecule has 94 valence electrons. The Morgan fingerprint density at radius 1 is 1.50 bits per heavy atom. The zero-order valence-electron chi connectivity index (χ0n) is 9.31. The predicted molar refractivity (Wildman–Crippen MR) is 73.1 cm³/mol. The Hall–Kier alpha value is -1.60. The number of aromatic carboxylic acids is 1. The van der Waals surface area contributed by atoms with Gasteiger partial charge in [-0.1, -0.05) is 23.5 Å². The summed E-state index contributed by atoms with van der Waals surface area (Å²) in [6, 6.07) is 7.34.